The van der Waals surface area contributed by atoms with E-state index in [9.17, 15) is 14.7 Å². The number of hydrogen-bond donors (Lipinski definition) is 2. The summed E-state index contributed by atoms with van der Waals surface area (Å²) in [5.41, 5.74) is 0.678. The molecule has 2 N–H and O–H groups in total. The lowest BCUT2D eigenvalue weighted by Crippen LogP contribution is -2.50. The quantitative estimate of drug-likeness (QED) is 0.644. The van der Waals surface area contributed by atoms with Crippen LogP contribution in [-0.4, -0.2) is 89.8 Å². The van der Waals surface area contributed by atoms with Gasteiger partial charge in [-0.15, -0.1) is 0 Å². The van der Waals surface area contributed by atoms with Crippen molar-refractivity contribution in [1.82, 2.24) is 20.1 Å². The third kappa shape index (κ3) is 5.60. The maximum Gasteiger partial charge on any atom is 0.226 e. The van der Waals surface area contributed by atoms with Crippen LogP contribution in [0.4, 0.5) is 0 Å². The summed E-state index contributed by atoms with van der Waals surface area (Å²) in [6.45, 7) is 2.95. The molecule has 28 heavy (non-hydrogen) atoms. The van der Waals surface area contributed by atoms with Crippen LogP contribution in [0.3, 0.4) is 0 Å². The summed E-state index contributed by atoms with van der Waals surface area (Å²) >= 11 is 0. The van der Waals surface area contributed by atoms with E-state index in [-0.39, 0.29) is 31.3 Å². The molecule has 2 aliphatic heterocycles. The Bertz CT molecular complexity index is 689. The van der Waals surface area contributed by atoms with Crippen molar-refractivity contribution in [1.29, 1.82) is 0 Å². The topological polar surface area (TPSA) is 95.0 Å². The molecule has 3 rings (SSSR count). The molecule has 0 radical (unpaired) electrons. The number of carbonyl (C=O) groups excluding carboxylic acids is 2. The average molecular weight is 388 g/mol. The first-order valence-corrected chi connectivity index (χ1v) is 9.65. The first-order valence-electron chi connectivity index (χ1n) is 9.65. The molecule has 3 atom stereocenters. The number of aliphatic hydroxyl groups is 1. The van der Waals surface area contributed by atoms with Crippen molar-refractivity contribution >= 4 is 11.8 Å². The van der Waals surface area contributed by atoms with Gasteiger partial charge < -0.3 is 25.0 Å². The van der Waals surface area contributed by atoms with Crippen molar-refractivity contribution in [2.45, 2.75) is 31.1 Å². The Kier molecular flexibility index (Phi) is 7.13. The third-order valence-corrected chi connectivity index (χ3v) is 5.09. The highest BCUT2D eigenvalue weighted by molar-refractivity contribution is 5.79. The number of amides is 2. The molecule has 0 aromatic carbocycles. The molecule has 0 unspecified atom stereocenters. The Hall–Kier alpha value is -2.29. The monoisotopic (exact) mass is 388 g/mol. The Balaban J connectivity index is 1.51. The number of rotatable bonds is 6. The van der Waals surface area contributed by atoms with Gasteiger partial charge in [-0.05, 0) is 19.2 Å². The van der Waals surface area contributed by atoms with E-state index in [4.69, 9.17) is 4.74 Å². The van der Waals surface area contributed by atoms with Crippen molar-refractivity contribution in [2.24, 2.45) is 0 Å². The van der Waals surface area contributed by atoms with Crippen LogP contribution in [0, 0.1) is 0 Å². The number of likely N-dealkylation sites (N-methyl/N-ethyl adjacent to an activating group) is 1. The maximum atomic E-state index is 12.5. The van der Waals surface area contributed by atoms with Gasteiger partial charge in [-0.3, -0.25) is 14.6 Å². The van der Waals surface area contributed by atoms with E-state index in [1.165, 1.54) is 0 Å². The first kappa shape index (κ1) is 20.4. The zero-order valence-corrected chi connectivity index (χ0v) is 16.2. The maximum absolute atomic E-state index is 12.5. The van der Waals surface area contributed by atoms with E-state index in [1.807, 2.05) is 24.1 Å². The number of ether oxygens (including phenoxy) is 1. The van der Waals surface area contributed by atoms with Crippen LogP contribution in [0.2, 0.25) is 0 Å². The standard InChI is InChI=1S/C20H28N4O4/c1-23-8-10-24(11-9-23)20(27)13-16-5-6-17(18(14-25)28-16)22-19(26)12-15-4-2-3-7-21-15/h2-7,16-18,25H,8-14H2,1H3,(H,22,26)/t16-,17-,18+/m0/s1. The van der Waals surface area contributed by atoms with Crippen molar-refractivity contribution in [3.8, 4) is 0 Å². The van der Waals surface area contributed by atoms with Gasteiger partial charge in [0.25, 0.3) is 0 Å². The summed E-state index contributed by atoms with van der Waals surface area (Å²) < 4.78 is 5.86. The molecular weight excluding hydrogens is 360 g/mol. The van der Waals surface area contributed by atoms with Crippen LogP contribution in [0.15, 0.2) is 36.5 Å². The molecule has 8 nitrogen and oxygen atoms in total. The Morgan fingerprint density at radius 1 is 1.25 bits per heavy atom. The molecule has 0 bridgehead atoms. The van der Waals surface area contributed by atoms with E-state index >= 15 is 0 Å². The summed E-state index contributed by atoms with van der Waals surface area (Å²) in [5.74, 6) is -0.139. The molecule has 0 aliphatic carbocycles. The minimum absolute atomic E-state index is 0.0528. The van der Waals surface area contributed by atoms with Gasteiger partial charge in [0, 0.05) is 38.1 Å². The fourth-order valence-electron chi connectivity index (χ4n) is 3.40. The van der Waals surface area contributed by atoms with Gasteiger partial charge in [0.2, 0.25) is 11.8 Å². The summed E-state index contributed by atoms with van der Waals surface area (Å²) in [6.07, 6.45) is 4.68. The third-order valence-electron chi connectivity index (χ3n) is 5.09. The molecule has 8 heteroatoms. The normalized spacial score (nSPS) is 25.5. The molecule has 1 aromatic heterocycles. The van der Waals surface area contributed by atoms with Crippen molar-refractivity contribution < 1.29 is 19.4 Å². The number of carbonyl (C=O) groups is 2. The minimum Gasteiger partial charge on any atom is -0.394 e. The molecule has 2 aliphatic rings. The Morgan fingerprint density at radius 3 is 2.71 bits per heavy atom. The number of aliphatic hydroxyl groups excluding tert-OH is 1. The van der Waals surface area contributed by atoms with Crippen LogP contribution in [0.5, 0.6) is 0 Å². The molecule has 2 amide bonds. The average Bonchev–Trinajstić information content (AvgIpc) is 2.70. The first-order chi connectivity index (χ1) is 13.5. The minimum atomic E-state index is -0.581. The van der Waals surface area contributed by atoms with Crippen molar-refractivity contribution in [3.05, 3.63) is 42.2 Å². The van der Waals surface area contributed by atoms with E-state index in [0.717, 1.165) is 26.2 Å². The van der Waals surface area contributed by atoms with E-state index in [0.29, 0.717) is 5.69 Å². The number of piperazine rings is 1. The predicted octanol–water partition coefficient (Wildman–Crippen LogP) is -0.411. The van der Waals surface area contributed by atoms with E-state index in [1.54, 1.807) is 24.4 Å². The highest BCUT2D eigenvalue weighted by Crippen LogP contribution is 2.17. The summed E-state index contributed by atoms with van der Waals surface area (Å²) in [5, 5.41) is 12.5. The Morgan fingerprint density at radius 2 is 2.04 bits per heavy atom. The number of aromatic nitrogens is 1. The van der Waals surface area contributed by atoms with Crippen LogP contribution >= 0.6 is 0 Å². The zero-order valence-electron chi connectivity index (χ0n) is 16.2. The van der Waals surface area contributed by atoms with Crippen LogP contribution in [0.1, 0.15) is 12.1 Å². The van der Waals surface area contributed by atoms with Crippen molar-refractivity contribution in [3.63, 3.8) is 0 Å². The molecule has 1 aromatic rings. The Labute approximate surface area is 165 Å². The summed E-state index contributed by atoms with van der Waals surface area (Å²) in [7, 11) is 2.04. The second kappa shape index (κ2) is 9.77. The van der Waals surface area contributed by atoms with Crippen molar-refractivity contribution in [2.75, 3.05) is 39.8 Å². The van der Waals surface area contributed by atoms with Gasteiger partial charge >= 0.3 is 0 Å². The SMILES string of the molecule is CN1CCN(C(=O)C[C@@H]2C=C[C@H](NC(=O)Cc3ccccn3)[C@@H](CO)O2)CC1. The predicted molar refractivity (Wildman–Crippen MR) is 103 cm³/mol. The lowest BCUT2D eigenvalue weighted by atomic mass is 10.0. The zero-order chi connectivity index (χ0) is 19.9. The molecule has 0 saturated carbocycles. The van der Waals surface area contributed by atoms with Gasteiger partial charge in [0.05, 0.1) is 31.6 Å². The molecule has 0 spiro atoms. The number of nitrogens with zero attached hydrogens (tertiary/aromatic N) is 3. The molecular formula is C20H28N4O4. The van der Waals surface area contributed by atoms with Gasteiger partial charge in [-0.25, -0.2) is 0 Å². The molecule has 1 saturated heterocycles. The summed E-state index contributed by atoms with van der Waals surface area (Å²) in [6, 6.07) is 4.98. The highest BCUT2D eigenvalue weighted by Gasteiger charge is 2.30. The van der Waals surface area contributed by atoms with Gasteiger partial charge in [0.1, 0.15) is 6.10 Å². The largest absolute Gasteiger partial charge is 0.394 e. The van der Waals surface area contributed by atoms with Gasteiger partial charge in [-0.1, -0.05) is 18.2 Å². The summed E-state index contributed by atoms with van der Waals surface area (Å²) in [4.78, 5) is 32.9. The molecule has 3 heterocycles. The molecule has 152 valence electrons. The van der Waals surface area contributed by atoms with Crippen LogP contribution < -0.4 is 5.32 Å². The number of hydrogen-bond acceptors (Lipinski definition) is 6. The van der Waals surface area contributed by atoms with Crippen LogP contribution in [-0.2, 0) is 20.7 Å². The lowest BCUT2D eigenvalue weighted by molar-refractivity contribution is -0.137. The number of nitrogens with one attached hydrogen (secondary N) is 1. The van der Waals surface area contributed by atoms with E-state index in [2.05, 4.69) is 15.2 Å². The second-order valence-electron chi connectivity index (χ2n) is 7.26. The second-order valence-corrected chi connectivity index (χ2v) is 7.26. The molecule has 1 fully saturated rings. The fourth-order valence-corrected chi connectivity index (χ4v) is 3.40. The van der Waals surface area contributed by atoms with Crippen LogP contribution in [0.25, 0.3) is 0 Å². The van der Waals surface area contributed by atoms with Gasteiger partial charge in [0.15, 0.2) is 0 Å². The highest BCUT2D eigenvalue weighted by atomic mass is 16.5. The van der Waals surface area contributed by atoms with E-state index < -0.39 is 18.2 Å². The van der Waals surface area contributed by atoms with Gasteiger partial charge in [-0.2, -0.15) is 0 Å². The smallest absolute Gasteiger partial charge is 0.226 e. The lowest BCUT2D eigenvalue weighted by Gasteiger charge is -2.35. The fraction of sp³-hybridized carbons (Fsp3) is 0.550. The number of pyridine rings is 1.